The number of nitrogens with one attached hydrogen (secondary N) is 2. The summed E-state index contributed by atoms with van der Waals surface area (Å²) in [4.78, 5) is 40.4. The molecule has 2 atom stereocenters. The summed E-state index contributed by atoms with van der Waals surface area (Å²) in [5, 5.41) is 15.9. The number of carboxylic acids is 1. The molecule has 0 spiro atoms. The first kappa shape index (κ1) is 23.7. The highest BCUT2D eigenvalue weighted by molar-refractivity contribution is 6.06. The summed E-state index contributed by atoms with van der Waals surface area (Å²) >= 11 is 0. The Kier molecular flexibility index (Phi) is 6.96. The second-order valence-electron chi connectivity index (χ2n) is 8.35. The molecule has 0 saturated heterocycles. The molecule has 0 saturated carbocycles. The second kappa shape index (κ2) is 10.3. The van der Waals surface area contributed by atoms with Crippen molar-refractivity contribution in [2.75, 3.05) is 18.9 Å². The Bertz CT molecular complexity index is 1370. The van der Waals surface area contributed by atoms with Gasteiger partial charge in [0.1, 0.15) is 17.8 Å². The van der Waals surface area contributed by atoms with E-state index in [4.69, 9.17) is 5.11 Å². The number of pyridine rings is 2. The smallest absolute Gasteiger partial charge is 0.354 e. The van der Waals surface area contributed by atoms with E-state index in [1.807, 2.05) is 18.2 Å². The molecule has 178 valence electrons. The molecular weight excluding hydrogens is 444 g/mol. The fourth-order valence-corrected chi connectivity index (χ4v) is 3.93. The number of rotatable bonds is 8. The number of carbonyl (C=O) groups excluding carboxylic acids is 1. The number of aromatic carboxylic acids is 1. The van der Waals surface area contributed by atoms with Gasteiger partial charge >= 0.3 is 5.97 Å². The number of fused-ring (bicyclic) bond motifs is 1. The maximum absolute atomic E-state index is 12.3. The van der Waals surface area contributed by atoms with E-state index in [9.17, 15) is 9.59 Å². The van der Waals surface area contributed by atoms with Crippen LogP contribution < -0.4 is 10.6 Å². The summed E-state index contributed by atoms with van der Waals surface area (Å²) in [6, 6.07) is 12.6. The van der Waals surface area contributed by atoms with Crippen LogP contribution in [0.3, 0.4) is 0 Å². The van der Waals surface area contributed by atoms with Crippen molar-refractivity contribution in [2.45, 2.75) is 19.8 Å². The number of carboxylic acid groups (broad SMARTS) is 1. The SMILES string of the molecule is CNC(=O)c1ccnc2c(C(C)[C@H](C)CNc3cc(-c4ccc(C(=O)O)nc4)ncn3)cccc12. The Morgan fingerprint density at radius 2 is 1.86 bits per heavy atom. The summed E-state index contributed by atoms with van der Waals surface area (Å²) in [6.07, 6.45) is 4.62. The van der Waals surface area contributed by atoms with Gasteiger partial charge in [-0.25, -0.2) is 19.7 Å². The molecule has 1 amide bonds. The molecule has 3 heterocycles. The maximum atomic E-state index is 12.3. The van der Waals surface area contributed by atoms with Gasteiger partial charge in [0, 0.05) is 43.0 Å². The monoisotopic (exact) mass is 470 g/mol. The van der Waals surface area contributed by atoms with Crippen LogP contribution in [0.15, 0.2) is 61.2 Å². The zero-order valence-electron chi connectivity index (χ0n) is 19.7. The molecule has 1 aromatic carbocycles. The van der Waals surface area contributed by atoms with Crippen LogP contribution in [0.25, 0.3) is 22.2 Å². The van der Waals surface area contributed by atoms with Crippen molar-refractivity contribution in [2.24, 2.45) is 5.92 Å². The zero-order chi connectivity index (χ0) is 24.9. The van der Waals surface area contributed by atoms with Crippen LogP contribution in [0.2, 0.25) is 0 Å². The van der Waals surface area contributed by atoms with Crippen LogP contribution in [-0.2, 0) is 0 Å². The van der Waals surface area contributed by atoms with Crippen LogP contribution >= 0.6 is 0 Å². The number of aromatic nitrogens is 4. The average molecular weight is 471 g/mol. The standard InChI is InChI=1S/C26H26N6O3/c1-15(16(2)18-5-4-6-19-20(25(33)27-3)9-10-28-24(18)19)12-30-23-11-22(31-14-32-23)17-7-8-21(26(34)35)29-13-17/h4-11,13-16H,12H2,1-3H3,(H,27,33)(H,34,35)(H,30,31,32)/t15-,16?/m1/s1. The van der Waals surface area contributed by atoms with Gasteiger partial charge in [-0.15, -0.1) is 0 Å². The third kappa shape index (κ3) is 5.08. The summed E-state index contributed by atoms with van der Waals surface area (Å²) in [5.74, 6) is -0.164. The van der Waals surface area contributed by atoms with Gasteiger partial charge in [0.05, 0.1) is 16.8 Å². The van der Waals surface area contributed by atoms with Crippen molar-refractivity contribution >= 4 is 28.6 Å². The van der Waals surface area contributed by atoms with Gasteiger partial charge < -0.3 is 15.7 Å². The van der Waals surface area contributed by atoms with Crippen molar-refractivity contribution in [3.63, 3.8) is 0 Å². The molecule has 4 rings (SSSR count). The van der Waals surface area contributed by atoms with Gasteiger partial charge in [-0.3, -0.25) is 9.78 Å². The molecule has 0 aliphatic carbocycles. The molecule has 0 fully saturated rings. The molecule has 9 heteroatoms. The predicted octanol–water partition coefficient (Wildman–Crippen LogP) is 4.00. The lowest BCUT2D eigenvalue weighted by molar-refractivity contribution is 0.0690. The van der Waals surface area contributed by atoms with E-state index in [0.717, 1.165) is 16.5 Å². The number of hydrogen-bond donors (Lipinski definition) is 3. The summed E-state index contributed by atoms with van der Waals surface area (Å²) < 4.78 is 0. The number of benzene rings is 1. The Morgan fingerprint density at radius 1 is 1.03 bits per heavy atom. The van der Waals surface area contributed by atoms with E-state index in [1.165, 1.54) is 18.6 Å². The van der Waals surface area contributed by atoms with Crippen molar-refractivity contribution in [1.82, 2.24) is 25.3 Å². The van der Waals surface area contributed by atoms with Crippen molar-refractivity contribution in [1.29, 1.82) is 0 Å². The highest BCUT2D eigenvalue weighted by atomic mass is 16.4. The van der Waals surface area contributed by atoms with Gasteiger partial charge in [0.2, 0.25) is 0 Å². The lowest BCUT2D eigenvalue weighted by Gasteiger charge is -2.22. The fourth-order valence-electron chi connectivity index (χ4n) is 3.93. The van der Waals surface area contributed by atoms with E-state index in [2.05, 4.69) is 50.5 Å². The first-order chi connectivity index (χ1) is 16.9. The molecule has 0 aliphatic heterocycles. The maximum Gasteiger partial charge on any atom is 0.354 e. The molecular formula is C26H26N6O3. The number of anilines is 1. The van der Waals surface area contributed by atoms with Crippen molar-refractivity contribution in [3.8, 4) is 11.3 Å². The first-order valence-electron chi connectivity index (χ1n) is 11.2. The minimum Gasteiger partial charge on any atom is -0.477 e. The van der Waals surface area contributed by atoms with Gasteiger partial charge in [0.25, 0.3) is 5.91 Å². The number of carbonyl (C=O) groups is 2. The van der Waals surface area contributed by atoms with E-state index in [0.29, 0.717) is 29.2 Å². The highest BCUT2D eigenvalue weighted by Crippen LogP contribution is 2.31. The minimum absolute atomic E-state index is 0.0191. The summed E-state index contributed by atoms with van der Waals surface area (Å²) in [7, 11) is 1.62. The van der Waals surface area contributed by atoms with Crippen molar-refractivity contribution < 1.29 is 14.7 Å². The molecule has 3 N–H and O–H groups in total. The Morgan fingerprint density at radius 3 is 2.57 bits per heavy atom. The largest absolute Gasteiger partial charge is 0.477 e. The topological polar surface area (TPSA) is 130 Å². The number of para-hydroxylation sites is 1. The molecule has 1 unspecified atom stereocenters. The summed E-state index contributed by atoms with van der Waals surface area (Å²) in [5.41, 5.74) is 3.85. The van der Waals surface area contributed by atoms with Gasteiger partial charge in [0.15, 0.2) is 0 Å². The molecule has 9 nitrogen and oxygen atoms in total. The van der Waals surface area contributed by atoms with Crippen LogP contribution in [-0.4, -0.2) is 50.5 Å². The average Bonchev–Trinajstić information content (AvgIpc) is 2.90. The van der Waals surface area contributed by atoms with Crippen LogP contribution in [0, 0.1) is 5.92 Å². The lowest BCUT2D eigenvalue weighted by Crippen LogP contribution is -2.19. The quantitative estimate of drug-likeness (QED) is 0.352. The Labute approximate surface area is 202 Å². The molecule has 35 heavy (non-hydrogen) atoms. The predicted molar refractivity (Wildman–Crippen MR) is 133 cm³/mol. The van der Waals surface area contributed by atoms with Crippen LogP contribution in [0.1, 0.15) is 46.2 Å². The van der Waals surface area contributed by atoms with Crippen LogP contribution in [0.5, 0.6) is 0 Å². The summed E-state index contributed by atoms with van der Waals surface area (Å²) in [6.45, 7) is 4.95. The van der Waals surface area contributed by atoms with Gasteiger partial charge in [-0.1, -0.05) is 32.0 Å². The number of hydrogen-bond acceptors (Lipinski definition) is 7. The highest BCUT2D eigenvalue weighted by Gasteiger charge is 2.19. The van der Waals surface area contributed by atoms with Gasteiger partial charge in [-0.05, 0) is 35.6 Å². The second-order valence-corrected chi connectivity index (χ2v) is 8.35. The van der Waals surface area contributed by atoms with E-state index in [-0.39, 0.29) is 23.4 Å². The van der Waals surface area contributed by atoms with E-state index in [1.54, 1.807) is 25.4 Å². The first-order valence-corrected chi connectivity index (χ1v) is 11.2. The van der Waals surface area contributed by atoms with E-state index < -0.39 is 5.97 Å². The third-order valence-electron chi connectivity index (χ3n) is 6.17. The Balaban J connectivity index is 1.50. The molecule has 0 bridgehead atoms. The lowest BCUT2D eigenvalue weighted by atomic mass is 9.87. The Hall–Kier alpha value is -4.40. The zero-order valence-corrected chi connectivity index (χ0v) is 19.7. The number of nitrogens with zero attached hydrogens (tertiary/aromatic N) is 4. The molecule has 4 aromatic rings. The number of amides is 1. The van der Waals surface area contributed by atoms with Gasteiger partial charge in [-0.2, -0.15) is 0 Å². The molecule has 0 aliphatic rings. The minimum atomic E-state index is -1.07. The molecule has 3 aromatic heterocycles. The normalized spacial score (nSPS) is 12.7. The molecule has 0 radical (unpaired) electrons. The fraction of sp³-hybridized carbons (Fsp3) is 0.231. The third-order valence-corrected chi connectivity index (χ3v) is 6.17. The van der Waals surface area contributed by atoms with Crippen molar-refractivity contribution in [3.05, 3.63) is 78.0 Å². The van der Waals surface area contributed by atoms with E-state index >= 15 is 0 Å². The van der Waals surface area contributed by atoms with Crippen LogP contribution in [0.4, 0.5) is 5.82 Å².